The van der Waals surface area contributed by atoms with Crippen LogP contribution in [0.25, 0.3) is 10.2 Å². The van der Waals surface area contributed by atoms with Crippen molar-refractivity contribution >= 4 is 38.5 Å². The summed E-state index contributed by atoms with van der Waals surface area (Å²) < 4.78 is 1.09. The molecule has 1 aromatic heterocycles. The number of aryl methyl sites for hydroxylation is 1. The van der Waals surface area contributed by atoms with Crippen molar-refractivity contribution in [2.75, 3.05) is 24.5 Å². The van der Waals surface area contributed by atoms with E-state index in [0.717, 1.165) is 52.4 Å². The molecule has 2 amide bonds. The first-order chi connectivity index (χ1) is 14.5. The molecule has 1 aliphatic heterocycles. The number of primary amides is 1. The maximum absolute atomic E-state index is 13.4. The van der Waals surface area contributed by atoms with Gasteiger partial charge in [-0.05, 0) is 24.1 Å². The molecule has 0 spiro atoms. The summed E-state index contributed by atoms with van der Waals surface area (Å²) in [6, 6.07) is 16.1. The predicted octanol–water partition coefficient (Wildman–Crippen LogP) is 1.92. The molecule has 0 aliphatic carbocycles. The molecule has 7 heteroatoms. The van der Waals surface area contributed by atoms with Crippen molar-refractivity contribution in [1.82, 2.24) is 4.98 Å². The van der Waals surface area contributed by atoms with E-state index in [2.05, 4.69) is 6.07 Å². The van der Waals surface area contributed by atoms with Crippen LogP contribution in [0.3, 0.4) is 0 Å². The molecule has 156 valence electrons. The van der Waals surface area contributed by atoms with Gasteiger partial charge < -0.3 is 10.6 Å². The number of piperidine rings is 1. The number of thiazole rings is 1. The van der Waals surface area contributed by atoms with Gasteiger partial charge in [0.15, 0.2) is 11.7 Å². The molecule has 6 nitrogen and oxygen atoms in total. The number of likely N-dealkylation sites (tertiary alicyclic amines) is 1. The van der Waals surface area contributed by atoms with Gasteiger partial charge in [0.05, 0.1) is 29.9 Å². The first-order valence-electron chi connectivity index (χ1n) is 10.3. The molecule has 0 atom stereocenters. The number of benzene rings is 2. The minimum absolute atomic E-state index is 0.0584. The minimum atomic E-state index is -0.226. The predicted molar refractivity (Wildman–Crippen MR) is 119 cm³/mol. The van der Waals surface area contributed by atoms with Crippen LogP contribution in [0.1, 0.15) is 24.0 Å². The first-order valence-corrected chi connectivity index (χ1v) is 11.2. The zero-order chi connectivity index (χ0) is 21.1. The van der Waals surface area contributed by atoms with Crippen molar-refractivity contribution in [3.8, 4) is 0 Å². The summed E-state index contributed by atoms with van der Waals surface area (Å²) in [5, 5.41) is 0.736. The topological polar surface area (TPSA) is 80.7 Å². The fourth-order valence-corrected chi connectivity index (χ4v) is 5.08. The highest BCUT2D eigenvalue weighted by Gasteiger charge is 2.30. The van der Waals surface area contributed by atoms with Crippen LogP contribution in [-0.4, -0.2) is 36.4 Å². The monoisotopic (exact) mass is 423 g/mol. The van der Waals surface area contributed by atoms with E-state index in [0.29, 0.717) is 13.1 Å². The fourth-order valence-electron chi connectivity index (χ4n) is 4.02. The number of aromatic nitrogens is 1. The summed E-state index contributed by atoms with van der Waals surface area (Å²) in [5.74, 6) is -0.226. The number of hydrogen-bond donors (Lipinski definition) is 2. The lowest BCUT2D eigenvalue weighted by Crippen LogP contribution is -3.14. The maximum Gasteiger partial charge on any atom is 0.284 e. The number of carbonyl (C=O) groups excluding carboxylic acids is 2. The number of anilines is 1. The van der Waals surface area contributed by atoms with Gasteiger partial charge in [-0.2, -0.15) is 0 Å². The molecule has 30 heavy (non-hydrogen) atoms. The third-order valence-corrected chi connectivity index (χ3v) is 6.86. The molecule has 0 radical (unpaired) electrons. The van der Waals surface area contributed by atoms with E-state index in [1.165, 1.54) is 4.90 Å². The average Bonchev–Trinajstić information content (AvgIpc) is 3.18. The second-order valence-electron chi connectivity index (χ2n) is 7.99. The van der Waals surface area contributed by atoms with Gasteiger partial charge in [0.25, 0.3) is 5.91 Å². The number of quaternary nitrogens is 1. The maximum atomic E-state index is 13.4. The van der Waals surface area contributed by atoms with Crippen molar-refractivity contribution in [3.05, 3.63) is 59.7 Å². The van der Waals surface area contributed by atoms with E-state index >= 15 is 0 Å². The Morgan fingerprint density at radius 2 is 1.87 bits per heavy atom. The number of nitrogens with two attached hydrogens (primary N) is 1. The standard InChI is InChI=1S/C23H26N4O2S/c1-16-6-5-9-19-21(16)25-23(30-19)27(14-17-7-3-2-4-8-17)20(28)15-26-12-10-18(11-13-26)22(24)29/h2-9,18H,10-15H2,1H3,(H2,24,29)/p+1. The van der Waals surface area contributed by atoms with E-state index in [-0.39, 0.29) is 17.7 Å². The summed E-state index contributed by atoms with van der Waals surface area (Å²) in [5.41, 5.74) is 8.58. The van der Waals surface area contributed by atoms with Gasteiger partial charge in [-0.3, -0.25) is 14.5 Å². The van der Waals surface area contributed by atoms with Crippen molar-refractivity contribution in [2.45, 2.75) is 26.3 Å². The van der Waals surface area contributed by atoms with Crippen LogP contribution < -0.4 is 15.5 Å². The largest absolute Gasteiger partial charge is 0.369 e. The average molecular weight is 424 g/mol. The SMILES string of the molecule is Cc1cccc2sc(N(Cc3ccccc3)C(=O)C[NH+]3CCC(C(N)=O)CC3)nc12. The summed E-state index contributed by atoms with van der Waals surface area (Å²) in [4.78, 5) is 32.6. The van der Waals surface area contributed by atoms with Crippen molar-refractivity contribution in [3.63, 3.8) is 0 Å². The quantitative estimate of drug-likeness (QED) is 0.636. The second-order valence-corrected chi connectivity index (χ2v) is 9.00. The number of carbonyl (C=O) groups is 2. The Morgan fingerprint density at radius 1 is 1.13 bits per heavy atom. The number of nitrogens with zero attached hydrogens (tertiary/aromatic N) is 2. The Balaban J connectivity index is 1.56. The summed E-state index contributed by atoms with van der Waals surface area (Å²) in [7, 11) is 0. The van der Waals surface area contributed by atoms with Gasteiger partial charge >= 0.3 is 0 Å². The molecule has 1 aliphatic rings. The van der Waals surface area contributed by atoms with Crippen LogP contribution in [0.2, 0.25) is 0 Å². The lowest BCUT2D eigenvalue weighted by atomic mass is 9.96. The molecular weight excluding hydrogens is 396 g/mol. The Morgan fingerprint density at radius 3 is 2.53 bits per heavy atom. The van der Waals surface area contributed by atoms with Crippen LogP contribution in [0, 0.1) is 12.8 Å². The molecule has 2 heterocycles. The molecule has 3 N–H and O–H groups in total. The second kappa shape index (κ2) is 8.93. The van der Waals surface area contributed by atoms with Crippen molar-refractivity contribution in [1.29, 1.82) is 0 Å². The number of fused-ring (bicyclic) bond motifs is 1. The molecule has 4 rings (SSSR count). The normalized spacial score (nSPS) is 19.0. The highest BCUT2D eigenvalue weighted by Crippen LogP contribution is 2.31. The van der Waals surface area contributed by atoms with Gasteiger partial charge in [-0.15, -0.1) is 0 Å². The Labute approximate surface area is 180 Å². The van der Waals surface area contributed by atoms with Crippen molar-refractivity contribution < 1.29 is 14.5 Å². The molecule has 3 aromatic rings. The van der Waals surface area contributed by atoms with Gasteiger partial charge in [0.2, 0.25) is 5.91 Å². The molecule has 1 fully saturated rings. The zero-order valence-corrected chi connectivity index (χ0v) is 18.0. The van der Waals surface area contributed by atoms with E-state index < -0.39 is 0 Å². The lowest BCUT2D eigenvalue weighted by Gasteiger charge is -2.29. The molecule has 0 bridgehead atoms. The van der Waals surface area contributed by atoms with Gasteiger partial charge in [-0.25, -0.2) is 4.98 Å². The van der Waals surface area contributed by atoms with Crippen molar-refractivity contribution in [2.24, 2.45) is 11.7 Å². The highest BCUT2D eigenvalue weighted by atomic mass is 32.1. The number of para-hydroxylation sites is 1. The molecule has 0 unspecified atom stereocenters. The first kappa shape index (κ1) is 20.5. The van der Waals surface area contributed by atoms with E-state index in [9.17, 15) is 9.59 Å². The van der Waals surface area contributed by atoms with Gasteiger partial charge in [0.1, 0.15) is 0 Å². The Bertz CT molecular complexity index is 1040. The van der Waals surface area contributed by atoms with Crippen LogP contribution in [0.5, 0.6) is 0 Å². The molecular formula is C23H27N4O2S+. The fraction of sp³-hybridized carbons (Fsp3) is 0.348. The van der Waals surface area contributed by atoms with Gasteiger partial charge in [0, 0.05) is 18.8 Å². The van der Waals surface area contributed by atoms with E-state index in [1.54, 1.807) is 11.3 Å². The number of hydrogen-bond acceptors (Lipinski definition) is 4. The third-order valence-electron chi connectivity index (χ3n) is 5.82. The van der Waals surface area contributed by atoms with Crippen LogP contribution in [0.15, 0.2) is 48.5 Å². The number of amides is 2. The smallest absolute Gasteiger partial charge is 0.284 e. The zero-order valence-electron chi connectivity index (χ0n) is 17.1. The molecule has 0 saturated carbocycles. The Kier molecular flexibility index (Phi) is 6.11. The summed E-state index contributed by atoms with van der Waals surface area (Å²) in [6.07, 6.45) is 1.49. The number of nitrogens with one attached hydrogen (secondary N) is 1. The van der Waals surface area contributed by atoms with Gasteiger partial charge in [-0.1, -0.05) is 53.8 Å². The summed E-state index contributed by atoms with van der Waals surface area (Å²) >= 11 is 1.56. The van der Waals surface area contributed by atoms with Crippen LogP contribution in [0.4, 0.5) is 5.13 Å². The van der Waals surface area contributed by atoms with Crippen LogP contribution in [-0.2, 0) is 16.1 Å². The number of rotatable bonds is 6. The highest BCUT2D eigenvalue weighted by molar-refractivity contribution is 7.22. The minimum Gasteiger partial charge on any atom is -0.369 e. The molecule has 2 aromatic carbocycles. The van der Waals surface area contributed by atoms with E-state index in [4.69, 9.17) is 10.7 Å². The van der Waals surface area contributed by atoms with E-state index in [1.807, 2.05) is 54.3 Å². The van der Waals surface area contributed by atoms with Crippen LogP contribution >= 0.6 is 11.3 Å². The third kappa shape index (κ3) is 4.52. The molecule has 1 saturated heterocycles. The Hall–Kier alpha value is -2.77. The lowest BCUT2D eigenvalue weighted by molar-refractivity contribution is -0.897. The summed E-state index contributed by atoms with van der Waals surface area (Å²) in [6.45, 7) is 4.51.